The third-order valence-electron chi connectivity index (χ3n) is 4.16. The quantitative estimate of drug-likeness (QED) is 0.706. The van der Waals surface area contributed by atoms with E-state index in [1.54, 1.807) is 35.7 Å². The van der Waals surface area contributed by atoms with Gasteiger partial charge in [-0.15, -0.1) is 21.5 Å². The van der Waals surface area contributed by atoms with Crippen LogP contribution in [0.3, 0.4) is 0 Å². The Morgan fingerprint density at radius 3 is 2.59 bits per heavy atom. The summed E-state index contributed by atoms with van der Waals surface area (Å²) in [6, 6.07) is 14.2. The zero-order chi connectivity index (χ0) is 18.7. The second-order valence-electron chi connectivity index (χ2n) is 5.99. The average Bonchev–Trinajstić information content (AvgIpc) is 3.25. The van der Waals surface area contributed by atoms with Crippen molar-refractivity contribution in [2.45, 2.75) is 4.21 Å². The first-order chi connectivity index (χ1) is 13.1. The number of nitrogens with zero attached hydrogens (tertiary/aromatic N) is 3. The number of hydrogen-bond donors (Lipinski definition) is 1. The highest BCUT2D eigenvalue weighted by Gasteiger charge is 2.16. The maximum Gasteiger partial charge on any atom is 0.271 e. The summed E-state index contributed by atoms with van der Waals surface area (Å²) in [5.41, 5.74) is 1.96. The first-order valence-electron chi connectivity index (χ1n) is 8.45. The maximum absolute atomic E-state index is 12.4. The molecule has 0 aliphatic carbocycles. The topological polar surface area (TPSA) is 84.4 Å². The number of benzene rings is 1. The number of anilines is 2. The summed E-state index contributed by atoms with van der Waals surface area (Å²) in [7, 11) is -3.58. The van der Waals surface area contributed by atoms with Crippen LogP contribution in [0.4, 0.5) is 11.5 Å². The molecule has 3 aromatic rings. The molecule has 7 nitrogen and oxygen atoms in total. The largest absolute Gasteiger partial charge is 0.378 e. The van der Waals surface area contributed by atoms with Gasteiger partial charge >= 0.3 is 0 Å². The normalized spacial score (nSPS) is 14.9. The summed E-state index contributed by atoms with van der Waals surface area (Å²) in [4.78, 5) is 2.13. The minimum atomic E-state index is -3.58. The van der Waals surface area contributed by atoms with Crippen LogP contribution in [0.5, 0.6) is 0 Å². The highest BCUT2D eigenvalue weighted by Crippen LogP contribution is 2.25. The van der Waals surface area contributed by atoms with Crippen LogP contribution in [0.1, 0.15) is 0 Å². The summed E-state index contributed by atoms with van der Waals surface area (Å²) in [6.45, 7) is 2.98. The van der Waals surface area contributed by atoms with Crippen molar-refractivity contribution in [2.24, 2.45) is 0 Å². The third-order valence-corrected chi connectivity index (χ3v) is 6.93. The van der Waals surface area contributed by atoms with Crippen molar-refractivity contribution in [3.8, 4) is 11.3 Å². The predicted molar refractivity (Wildman–Crippen MR) is 106 cm³/mol. The van der Waals surface area contributed by atoms with E-state index in [1.165, 1.54) is 11.3 Å². The Bertz CT molecular complexity index is 999. The first-order valence-corrected chi connectivity index (χ1v) is 10.8. The fraction of sp³-hybridized carbons (Fsp3) is 0.222. The molecule has 1 aromatic carbocycles. The molecule has 9 heteroatoms. The van der Waals surface area contributed by atoms with Gasteiger partial charge in [0.25, 0.3) is 10.0 Å². The van der Waals surface area contributed by atoms with Gasteiger partial charge in [0.2, 0.25) is 0 Å². The van der Waals surface area contributed by atoms with Gasteiger partial charge in [0.1, 0.15) is 4.21 Å². The Morgan fingerprint density at radius 1 is 1.04 bits per heavy atom. The zero-order valence-electron chi connectivity index (χ0n) is 14.4. The van der Waals surface area contributed by atoms with Crippen molar-refractivity contribution >= 4 is 32.9 Å². The van der Waals surface area contributed by atoms with Gasteiger partial charge in [0.15, 0.2) is 5.82 Å². The van der Waals surface area contributed by atoms with Gasteiger partial charge in [0.05, 0.1) is 18.9 Å². The molecular formula is C18H18N4O3S2. The van der Waals surface area contributed by atoms with Crippen molar-refractivity contribution in [3.63, 3.8) is 0 Å². The molecule has 0 bridgehead atoms. The van der Waals surface area contributed by atoms with E-state index in [9.17, 15) is 8.42 Å². The smallest absolute Gasteiger partial charge is 0.271 e. The monoisotopic (exact) mass is 402 g/mol. The van der Waals surface area contributed by atoms with Crippen LogP contribution >= 0.6 is 11.3 Å². The lowest BCUT2D eigenvalue weighted by molar-refractivity contribution is 0.122. The van der Waals surface area contributed by atoms with Crippen LogP contribution in [0.15, 0.2) is 58.1 Å². The maximum atomic E-state index is 12.4. The summed E-state index contributed by atoms with van der Waals surface area (Å²) in [5.74, 6) is 0.816. The molecule has 1 aliphatic rings. The first kappa shape index (κ1) is 17.9. The number of nitrogens with one attached hydrogen (secondary N) is 1. The van der Waals surface area contributed by atoms with Crippen LogP contribution in [0.25, 0.3) is 11.3 Å². The molecule has 0 spiro atoms. The lowest BCUT2D eigenvalue weighted by Crippen LogP contribution is -2.36. The van der Waals surface area contributed by atoms with E-state index in [-0.39, 0.29) is 4.21 Å². The minimum Gasteiger partial charge on any atom is -0.378 e. The fourth-order valence-electron chi connectivity index (χ4n) is 2.80. The van der Waals surface area contributed by atoms with Crippen LogP contribution in [0.2, 0.25) is 0 Å². The van der Waals surface area contributed by atoms with Crippen molar-refractivity contribution in [3.05, 3.63) is 53.9 Å². The van der Waals surface area contributed by atoms with Gasteiger partial charge in [-0.25, -0.2) is 8.42 Å². The van der Waals surface area contributed by atoms with Crippen molar-refractivity contribution in [1.82, 2.24) is 10.2 Å². The second-order valence-corrected chi connectivity index (χ2v) is 8.85. The number of ether oxygens (including phenoxy) is 1. The molecule has 1 fully saturated rings. The van der Waals surface area contributed by atoms with Crippen molar-refractivity contribution in [2.75, 3.05) is 35.9 Å². The van der Waals surface area contributed by atoms with E-state index in [0.717, 1.165) is 24.5 Å². The standard InChI is InChI=1S/C18H18N4O3S2/c23-27(24,18-5-2-12-26-18)21-15-4-1-3-14(13-15)16-6-7-17(20-19-16)22-8-10-25-11-9-22/h1-7,12-13,21H,8-11H2. The van der Waals surface area contributed by atoms with Gasteiger partial charge < -0.3 is 9.64 Å². The number of hydrogen-bond acceptors (Lipinski definition) is 7. The van der Waals surface area contributed by atoms with Gasteiger partial charge in [-0.3, -0.25) is 4.72 Å². The van der Waals surface area contributed by atoms with Gasteiger partial charge in [0, 0.05) is 24.3 Å². The summed E-state index contributed by atoms with van der Waals surface area (Å²) in [6.07, 6.45) is 0. The zero-order valence-corrected chi connectivity index (χ0v) is 16.0. The molecule has 2 aromatic heterocycles. The lowest BCUT2D eigenvalue weighted by Gasteiger charge is -2.27. The van der Waals surface area contributed by atoms with Crippen LogP contribution < -0.4 is 9.62 Å². The number of thiophene rings is 1. The molecule has 1 aliphatic heterocycles. The molecule has 27 heavy (non-hydrogen) atoms. The molecule has 1 saturated heterocycles. The van der Waals surface area contributed by atoms with E-state index in [4.69, 9.17) is 4.74 Å². The van der Waals surface area contributed by atoms with Crippen LogP contribution in [0, 0.1) is 0 Å². The fourth-order valence-corrected chi connectivity index (χ4v) is 4.85. The average molecular weight is 403 g/mol. The van der Waals surface area contributed by atoms with Gasteiger partial charge in [-0.2, -0.15) is 0 Å². The van der Waals surface area contributed by atoms with E-state index in [2.05, 4.69) is 19.8 Å². The molecule has 4 rings (SSSR count). The molecular weight excluding hydrogens is 384 g/mol. The van der Waals surface area contributed by atoms with Gasteiger partial charge in [-0.1, -0.05) is 18.2 Å². The van der Waals surface area contributed by atoms with Gasteiger partial charge in [-0.05, 0) is 35.7 Å². The van der Waals surface area contributed by atoms with E-state index < -0.39 is 10.0 Å². The van der Waals surface area contributed by atoms with Crippen molar-refractivity contribution < 1.29 is 13.2 Å². The SMILES string of the molecule is O=S(=O)(Nc1cccc(-c2ccc(N3CCOCC3)nn2)c1)c1cccs1. The van der Waals surface area contributed by atoms with E-state index >= 15 is 0 Å². The Morgan fingerprint density at radius 2 is 1.89 bits per heavy atom. The molecule has 0 unspecified atom stereocenters. The third kappa shape index (κ3) is 4.10. The van der Waals surface area contributed by atoms with Crippen molar-refractivity contribution in [1.29, 1.82) is 0 Å². The molecule has 1 N–H and O–H groups in total. The van der Waals surface area contributed by atoms with E-state index in [1.807, 2.05) is 18.2 Å². The molecule has 0 radical (unpaired) electrons. The van der Waals surface area contributed by atoms with E-state index in [0.29, 0.717) is 24.6 Å². The Balaban J connectivity index is 1.54. The number of rotatable bonds is 5. The van der Waals surface area contributed by atoms with Crippen LogP contribution in [-0.2, 0) is 14.8 Å². The lowest BCUT2D eigenvalue weighted by atomic mass is 10.1. The minimum absolute atomic E-state index is 0.280. The number of aromatic nitrogens is 2. The molecule has 0 atom stereocenters. The molecule has 3 heterocycles. The summed E-state index contributed by atoms with van der Waals surface area (Å²) in [5, 5.41) is 10.3. The highest BCUT2D eigenvalue weighted by atomic mass is 32.2. The van der Waals surface area contributed by atoms with Crippen LogP contribution in [-0.4, -0.2) is 44.9 Å². The summed E-state index contributed by atoms with van der Waals surface area (Å²) >= 11 is 1.18. The predicted octanol–water partition coefficient (Wildman–Crippen LogP) is 2.84. The highest BCUT2D eigenvalue weighted by molar-refractivity contribution is 7.94. The molecule has 0 saturated carbocycles. The Hall–Kier alpha value is -2.49. The molecule has 0 amide bonds. The Kier molecular flexibility index (Phi) is 5.06. The molecule has 140 valence electrons. The summed E-state index contributed by atoms with van der Waals surface area (Å²) < 4.78 is 33.0. The second kappa shape index (κ2) is 7.63. The Labute approximate surface area is 161 Å². The number of sulfonamides is 1. The number of morpholine rings is 1.